The van der Waals surface area contributed by atoms with E-state index in [1.807, 2.05) is 0 Å². The number of nitro benzene ring substituents is 1. The maximum atomic E-state index is 10.5. The molecule has 1 aromatic carbocycles. The number of nitrogens with zero attached hydrogens (tertiary/aromatic N) is 3. The molecule has 0 unspecified atom stereocenters. The van der Waals surface area contributed by atoms with E-state index in [4.69, 9.17) is 15.3 Å². The number of non-ortho nitro benzene ring substituents is 1. The molecule has 0 atom stereocenters. The Morgan fingerprint density at radius 3 is 2.22 bits per heavy atom. The van der Waals surface area contributed by atoms with E-state index in [9.17, 15) is 23.3 Å². The van der Waals surface area contributed by atoms with Gasteiger partial charge in [0, 0.05) is 12.1 Å². The smallest absolute Gasteiger partial charge is 0.430 e. The van der Waals surface area contributed by atoms with E-state index in [1.165, 1.54) is 24.3 Å². The number of halogens is 3. The van der Waals surface area contributed by atoms with Crippen LogP contribution in [0.15, 0.2) is 24.3 Å². The van der Waals surface area contributed by atoms with Gasteiger partial charge in [-0.25, -0.2) is 0 Å². The Bertz CT molecular complexity index is 495. The molecular formula is C8H4F3N3O4. The molecule has 0 aliphatic rings. The fourth-order valence-electron chi connectivity index (χ4n) is 0.669. The molecule has 7 nitrogen and oxygen atoms in total. The monoisotopic (exact) mass is 263 g/mol. The SMILES string of the molecule is N#[N+]c1cccc([N+](=O)[O-])c1.O=C([O-])C(F)(F)F. The lowest BCUT2D eigenvalue weighted by atomic mass is 10.3. The van der Waals surface area contributed by atoms with Crippen molar-refractivity contribution in [3.8, 4) is 0 Å². The third kappa shape index (κ3) is 5.40. The van der Waals surface area contributed by atoms with Gasteiger partial charge in [0.05, 0.1) is 4.92 Å². The van der Waals surface area contributed by atoms with E-state index < -0.39 is 17.1 Å². The van der Waals surface area contributed by atoms with Crippen LogP contribution >= 0.6 is 0 Å². The van der Waals surface area contributed by atoms with Gasteiger partial charge in [-0.3, -0.25) is 10.1 Å². The highest BCUT2D eigenvalue weighted by atomic mass is 19.4. The number of rotatable bonds is 1. The first-order valence-corrected chi connectivity index (χ1v) is 4.06. The van der Waals surface area contributed by atoms with Crippen molar-refractivity contribution < 1.29 is 28.0 Å². The number of benzene rings is 1. The molecule has 1 rings (SSSR count). The predicted octanol–water partition coefficient (Wildman–Crippen LogP) is 1.38. The molecule has 10 heteroatoms. The zero-order valence-electron chi connectivity index (χ0n) is 8.42. The van der Waals surface area contributed by atoms with E-state index >= 15 is 0 Å². The van der Waals surface area contributed by atoms with Crippen molar-refractivity contribution >= 4 is 17.3 Å². The summed E-state index contributed by atoms with van der Waals surface area (Å²) in [6.07, 6.45) is -5.19. The Kier molecular flexibility index (Phi) is 5.22. The summed E-state index contributed by atoms with van der Waals surface area (Å²) in [6, 6.07) is 5.43. The standard InChI is InChI=1S/C6H4N3O2.C2HF3O2/c7-8-5-2-1-3-6(4-5)9(10)11;3-2(4,5)1(6)7/h1-4H;(H,6,7)/q+1;/p-1. The van der Waals surface area contributed by atoms with Crippen LogP contribution in [0, 0.1) is 15.5 Å². The van der Waals surface area contributed by atoms with Gasteiger partial charge >= 0.3 is 11.9 Å². The lowest BCUT2D eigenvalue weighted by Crippen LogP contribution is -2.37. The highest BCUT2D eigenvalue weighted by Gasteiger charge is 2.28. The van der Waals surface area contributed by atoms with E-state index in [2.05, 4.69) is 4.98 Å². The van der Waals surface area contributed by atoms with Crippen molar-refractivity contribution in [2.45, 2.75) is 6.18 Å². The molecule has 0 amide bonds. The summed E-state index contributed by atoms with van der Waals surface area (Å²) in [5.74, 6) is -3.01. The third-order valence-corrected chi connectivity index (χ3v) is 1.39. The van der Waals surface area contributed by atoms with Crippen LogP contribution in [-0.2, 0) is 4.79 Å². The minimum atomic E-state index is -5.19. The third-order valence-electron chi connectivity index (χ3n) is 1.39. The first-order chi connectivity index (χ1) is 8.18. The van der Waals surface area contributed by atoms with Gasteiger partial charge in [-0.1, -0.05) is 0 Å². The number of carbonyl (C=O) groups is 1. The summed E-state index contributed by atoms with van der Waals surface area (Å²) in [4.78, 5) is 21.2. The summed E-state index contributed by atoms with van der Waals surface area (Å²) in [6.45, 7) is 0. The van der Waals surface area contributed by atoms with Gasteiger partial charge in [0.1, 0.15) is 12.0 Å². The molecule has 0 fully saturated rings. The number of carboxylic acids is 1. The molecule has 0 N–H and O–H groups in total. The highest BCUT2D eigenvalue weighted by Crippen LogP contribution is 2.18. The second kappa shape index (κ2) is 6.14. The van der Waals surface area contributed by atoms with Crippen LogP contribution < -0.4 is 5.11 Å². The van der Waals surface area contributed by atoms with Crippen molar-refractivity contribution in [3.63, 3.8) is 0 Å². The van der Waals surface area contributed by atoms with E-state index in [-0.39, 0.29) is 11.4 Å². The van der Waals surface area contributed by atoms with E-state index in [0.717, 1.165) is 0 Å². The predicted molar refractivity (Wildman–Crippen MR) is 48.9 cm³/mol. The minimum absolute atomic E-state index is 0.0831. The highest BCUT2D eigenvalue weighted by molar-refractivity contribution is 5.70. The van der Waals surface area contributed by atoms with Gasteiger partial charge in [-0.15, -0.1) is 0 Å². The average molecular weight is 263 g/mol. The number of alkyl halides is 3. The van der Waals surface area contributed by atoms with Crippen molar-refractivity contribution in [1.82, 2.24) is 0 Å². The minimum Gasteiger partial charge on any atom is -0.542 e. The molecule has 1 aromatic rings. The zero-order valence-corrected chi connectivity index (χ0v) is 8.42. The van der Waals surface area contributed by atoms with Crippen LogP contribution in [0.1, 0.15) is 0 Å². The van der Waals surface area contributed by atoms with Gasteiger partial charge in [-0.05, 0) is 6.07 Å². The second-order valence-corrected chi connectivity index (χ2v) is 2.66. The van der Waals surface area contributed by atoms with Crippen LogP contribution in [-0.4, -0.2) is 17.1 Å². The van der Waals surface area contributed by atoms with Crippen LogP contribution in [0.4, 0.5) is 24.5 Å². The Hall–Kier alpha value is -2.70. The Morgan fingerprint density at radius 2 is 1.89 bits per heavy atom. The molecule has 0 bridgehead atoms. The molecule has 0 spiro atoms. The maximum absolute atomic E-state index is 10.5. The van der Waals surface area contributed by atoms with Gasteiger partial charge in [0.15, 0.2) is 4.98 Å². The number of carboxylic acid groups (broad SMARTS) is 1. The topological polar surface area (TPSA) is 111 Å². The summed E-state index contributed by atoms with van der Waals surface area (Å²) in [5.41, 5.74) is 0.0968. The molecule has 96 valence electrons. The van der Waals surface area contributed by atoms with Crippen molar-refractivity contribution in [2.24, 2.45) is 0 Å². The molecule has 0 saturated carbocycles. The number of aliphatic carboxylic acids is 1. The largest absolute Gasteiger partial charge is 0.542 e. The molecule has 0 saturated heterocycles. The molecule has 18 heavy (non-hydrogen) atoms. The van der Waals surface area contributed by atoms with Gasteiger partial charge < -0.3 is 9.90 Å². The number of diazo groups is 1. The quantitative estimate of drug-likeness (QED) is 0.431. The molecule has 0 aliphatic carbocycles. The Morgan fingerprint density at radius 1 is 1.39 bits per heavy atom. The van der Waals surface area contributed by atoms with Crippen LogP contribution in [0.5, 0.6) is 0 Å². The summed E-state index contributed by atoms with van der Waals surface area (Å²) in [7, 11) is 0. The van der Waals surface area contributed by atoms with Gasteiger partial charge in [0.25, 0.3) is 5.69 Å². The lowest BCUT2D eigenvalue weighted by molar-refractivity contribution is -0.384. The van der Waals surface area contributed by atoms with Gasteiger partial charge in [0.2, 0.25) is 5.39 Å². The number of hydrogen-bond acceptors (Lipinski definition) is 5. The maximum Gasteiger partial charge on any atom is 0.430 e. The summed E-state index contributed by atoms with van der Waals surface area (Å²) < 4.78 is 31.5. The van der Waals surface area contributed by atoms with Crippen LogP contribution in [0.25, 0.3) is 4.98 Å². The Balaban J connectivity index is 0.000000360. The van der Waals surface area contributed by atoms with Crippen molar-refractivity contribution in [1.29, 1.82) is 5.39 Å². The fraction of sp³-hybridized carbons (Fsp3) is 0.125. The molecule has 0 heterocycles. The van der Waals surface area contributed by atoms with Crippen LogP contribution in [0.3, 0.4) is 0 Å². The van der Waals surface area contributed by atoms with Crippen molar-refractivity contribution in [2.75, 3.05) is 0 Å². The van der Waals surface area contributed by atoms with E-state index in [0.29, 0.717) is 0 Å². The number of carbonyl (C=O) groups excluding carboxylic acids is 1. The lowest BCUT2D eigenvalue weighted by Gasteiger charge is -2.03. The van der Waals surface area contributed by atoms with Gasteiger partial charge in [-0.2, -0.15) is 13.2 Å². The first kappa shape index (κ1) is 15.3. The zero-order chi connectivity index (χ0) is 14.3. The van der Waals surface area contributed by atoms with Crippen molar-refractivity contribution in [3.05, 3.63) is 39.4 Å². The molecule has 0 radical (unpaired) electrons. The fourth-order valence-corrected chi connectivity index (χ4v) is 0.669. The van der Waals surface area contributed by atoms with Crippen LogP contribution in [0.2, 0.25) is 0 Å². The summed E-state index contributed by atoms with van der Waals surface area (Å²) >= 11 is 0. The number of nitro groups is 1. The normalized spacial score (nSPS) is 9.67. The Labute approximate surface area is 97.2 Å². The molecule has 0 aromatic heterocycles. The molecule has 0 aliphatic heterocycles. The summed E-state index contributed by atoms with van der Waals surface area (Å²) in [5, 5.41) is 27.2. The average Bonchev–Trinajstić information content (AvgIpc) is 2.28. The number of hydrogen-bond donors (Lipinski definition) is 0. The first-order valence-electron chi connectivity index (χ1n) is 4.06. The molecular weight excluding hydrogens is 259 g/mol. The van der Waals surface area contributed by atoms with E-state index in [1.54, 1.807) is 0 Å². The second-order valence-electron chi connectivity index (χ2n) is 2.66.